The topological polar surface area (TPSA) is 78.5 Å². The van der Waals surface area contributed by atoms with E-state index in [9.17, 15) is 26.4 Å². The molecule has 5 atom stereocenters. The maximum atomic E-state index is 13.0. The van der Waals surface area contributed by atoms with E-state index >= 15 is 0 Å². The van der Waals surface area contributed by atoms with Crippen LogP contribution in [-0.4, -0.2) is 50.9 Å². The number of benzene rings is 1. The van der Waals surface area contributed by atoms with Crippen LogP contribution in [0.15, 0.2) is 29.2 Å². The lowest BCUT2D eigenvalue weighted by Crippen LogP contribution is -2.51. The Labute approximate surface area is 181 Å². The third kappa shape index (κ3) is 4.90. The Morgan fingerprint density at radius 2 is 1.84 bits per heavy atom. The molecule has 3 rings (SSSR count). The number of hydrogen-bond acceptors (Lipinski definition) is 4. The molecule has 0 aromatic heterocycles. The Hall–Kier alpha value is -1.65. The van der Waals surface area contributed by atoms with Gasteiger partial charge in [0.15, 0.2) is 0 Å². The second kappa shape index (κ2) is 9.07. The molecule has 0 radical (unpaired) electrons. The molecule has 2 N–H and O–H groups in total. The van der Waals surface area contributed by atoms with E-state index in [-0.39, 0.29) is 47.2 Å². The summed E-state index contributed by atoms with van der Waals surface area (Å²) in [4.78, 5) is 12.6. The van der Waals surface area contributed by atoms with Crippen molar-refractivity contribution in [3.8, 4) is 0 Å². The highest BCUT2D eigenvalue weighted by atomic mass is 32.2. The zero-order chi connectivity index (χ0) is 23.0. The van der Waals surface area contributed by atoms with E-state index in [0.29, 0.717) is 6.54 Å². The molecule has 6 nitrogen and oxygen atoms in total. The van der Waals surface area contributed by atoms with Gasteiger partial charge in [-0.3, -0.25) is 4.79 Å². The third-order valence-corrected chi connectivity index (χ3v) is 8.62. The monoisotopic (exact) mass is 461 g/mol. The second-order valence-electron chi connectivity index (χ2n) is 8.61. The largest absolute Gasteiger partial charge is 0.416 e. The number of carbonyl (C=O) groups excluding carboxylic acids is 1. The fourth-order valence-electron chi connectivity index (χ4n) is 4.75. The molecule has 1 saturated heterocycles. The highest BCUT2D eigenvalue weighted by Gasteiger charge is 2.47. The van der Waals surface area contributed by atoms with Crippen LogP contribution in [0.4, 0.5) is 13.2 Å². The number of rotatable bonds is 7. The average molecular weight is 462 g/mol. The van der Waals surface area contributed by atoms with Gasteiger partial charge in [-0.25, -0.2) is 8.42 Å². The Morgan fingerprint density at radius 3 is 2.39 bits per heavy atom. The van der Waals surface area contributed by atoms with Crippen LogP contribution < -0.4 is 10.6 Å². The van der Waals surface area contributed by atoms with Crippen LogP contribution in [0.2, 0.25) is 0 Å². The van der Waals surface area contributed by atoms with Gasteiger partial charge < -0.3 is 10.6 Å². The van der Waals surface area contributed by atoms with Crippen molar-refractivity contribution in [3.63, 3.8) is 0 Å². The Kier molecular flexibility index (Phi) is 7.02. The molecule has 10 heteroatoms. The molecular formula is C21H30F3N3O3S. The van der Waals surface area contributed by atoms with E-state index in [1.165, 1.54) is 4.31 Å². The number of nitrogens with one attached hydrogen (secondary N) is 2. The zero-order valence-corrected chi connectivity index (χ0v) is 18.8. The SMILES string of the molecule is CCC(C)[C@H](NC)C(=O)N[C@H]1CC[C@@H]2CN(S(=O)(=O)c3ccc(C(F)(F)F)cc3)C[C@@H]21. The van der Waals surface area contributed by atoms with Crippen molar-refractivity contribution in [1.82, 2.24) is 14.9 Å². The number of nitrogens with zero attached hydrogens (tertiary/aromatic N) is 1. The van der Waals surface area contributed by atoms with Crippen LogP contribution in [-0.2, 0) is 21.0 Å². The van der Waals surface area contributed by atoms with Crippen LogP contribution in [0.1, 0.15) is 38.7 Å². The molecule has 1 aliphatic carbocycles. The van der Waals surface area contributed by atoms with Gasteiger partial charge in [-0.2, -0.15) is 17.5 Å². The highest BCUT2D eigenvalue weighted by molar-refractivity contribution is 7.89. The van der Waals surface area contributed by atoms with Crippen molar-refractivity contribution in [2.45, 2.75) is 56.3 Å². The molecule has 0 bridgehead atoms. The molecular weight excluding hydrogens is 431 g/mol. The molecule has 1 unspecified atom stereocenters. The molecule has 174 valence electrons. The van der Waals surface area contributed by atoms with E-state index in [0.717, 1.165) is 43.5 Å². The second-order valence-corrected chi connectivity index (χ2v) is 10.6. The first kappa shape index (κ1) is 24.0. The number of carbonyl (C=O) groups is 1. The van der Waals surface area contributed by atoms with Gasteiger partial charge >= 0.3 is 6.18 Å². The minimum atomic E-state index is -4.52. The summed E-state index contributed by atoms with van der Waals surface area (Å²) in [7, 11) is -2.14. The summed E-state index contributed by atoms with van der Waals surface area (Å²) in [6, 6.07) is 3.19. The maximum absolute atomic E-state index is 13.0. The molecule has 1 aromatic rings. The first-order valence-corrected chi connectivity index (χ1v) is 12.1. The lowest BCUT2D eigenvalue weighted by Gasteiger charge is -2.26. The summed E-state index contributed by atoms with van der Waals surface area (Å²) in [6.07, 6.45) is -2.05. The van der Waals surface area contributed by atoms with E-state index in [1.54, 1.807) is 7.05 Å². The van der Waals surface area contributed by atoms with Crippen molar-refractivity contribution in [2.75, 3.05) is 20.1 Å². The van der Waals surface area contributed by atoms with Crippen LogP contribution in [0.5, 0.6) is 0 Å². The summed E-state index contributed by atoms with van der Waals surface area (Å²) in [5.41, 5.74) is -0.882. The molecule has 0 spiro atoms. The van der Waals surface area contributed by atoms with Gasteiger partial charge in [-0.05, 0) is 61.9 Å². The van der Waals surface area contributed by atoms with E-state index < -0.39 is 21.8 Å². The normalized spacial score (nSPS) is 26.5. The van der Waals surface area contributed by atoms with Crippen LogP contribution >= 0.6 is 0 Å². The molecule has 1 saturated carbocycles. The molecule has 2 aliphatic rings. The van der Waals surface area contributed by atoms with Gasteiger partial charge in [-0.15, -0.1) is 0 Å². The third-order valence-electron chi connectivity index (χ3n) is 6.78. The van der Waals surface area contributed by atoms with E-state index in [1.807, 2.05) is 13.8 Å². The van der Waals surface area contributed by atoms with Crippen molar-refractivity contribution in [3.05, 3.63) is 29.8 Å². The minimum absolute atomic E-state index is 0.00242. The zero-order valence-electron chi connectivity index (χ0n) is 17.9. The molecule has 1 amide bonds. The van der Waals surface area contributed by atoms with E-state index in [2.05, 4.69) is 10.6 Å². The summed E-state index contributed by atoms with van der Waals surface area (Å²) in [5, 5.41) is 6.16. The number of halogens is 3. The molecule has 2 fully saturated rings. The van der Waals surface area contributed by atoms with Gasteiger partial charge in [0.05, 0.1) is 16.5 Å². The Morgan fingerprint density at radius 1 is 1.19 bits per heavy atom. The molecule has 1 aromatic carbocycles. The molecule has 1 heterocycles. The standard InChI is InChI=1S/C21H30F3N3O3S/c1-4-13(2)19(25-3)20(28)26-18-10-5-14-11-27(12-17(14)18)31(29,30)16-8-6-15(7-9-16)21(22,23)24/h6-9,13-14,17-19,25H,4-5,10-12H2,1-3H3,(H,26,28)/t13?,14-,17+,18+,19+/m1/s1. The number of likely N-dealkylation sites (N-methyl/N-ethyl adjacent to an activating group) is 1. The van der Waals surface area contributed by atoms with Crippen molar-refractivity contribution >= 4 is 15.9 Å². The van der Waals surface area contributed by atoms with Gasteiger partial charge in [0.25, 0.3) is 0 Å². The minimum Gasteiger partial charge on any atom is -0.352 e. The van der Waals surface area contributed by atoms with Crippen molar-refractivity contribution < 1.29 is 26.4 Å². The van der Waals surface area contributed by atoms with Crippen molar-refractivity contribution in [2.24, 2.45) is 17.8 Å². The number of sulfonamides is 1. The lowest BCUT2D eigenvalue weighted by molar-refractivity contribution is -0.137. The van der Waals surface area contributed by atoms with Crippen LogP contribution in [0.25, 0.3) is 0 Å². The van der Waals surface area contributed by atoms with Crippen molar-refractivity contribution in [1.29, 1.82) is 0 Å². The summed E-state index contributed by atoms with van der Waals surface area (Å²) >= 11 is 0. The van der Waals surface area contributed by atoms with E-state index in [4.69, 9.17) is 0 Å². The maximum Gasteiger partial charge on any atom is 0.416 e. The summed E-state index contributed by atoms with van der Waals surface area (Å²) in [6.45, 7) is 4.61. The fourth-order valence-corrected chi connectivity index (χ4v) is 6.28. The van der Waals surface area contributed by atoms with Crippen LogP contribution in [0, 0.1) is 17.8 Å². The lowest BCUT2D eigenvalue weighted by atomic mass is 9.95. The molecule has 31 heavy (non-hydrogen) atoms. The number of hydrogen-bond donors (Lipinski definition) is 2. The Bertz CT molecular complexity index is 889. The summed E-state index contributed by atoms with van der Waals surface area (Å²) in [5.74, 6) is 0.225. The average Bonchev–Trinajstić information content (AvgIpc) is 3.30. The van der Waals surface area contributed by atoms with Crippen LogP contribution in [0.3, 0.4) is 0 Å². The number of amides is 1. The number of alkyl halides is 3. The van der Waals surface area contributed by atoms with Gasteiger partial charge in [0, 0.05) is 19.1 Å². The predicted octanol–water partition coefficient (Wildman–Crippen LogP) is 2.85. The van der Waals surface area contributed by atoms with Gasteiger partial charge in [-0.1, -0.05) is 20.3 Å². The summed E-state index contributed by atoms with van der Waals surface area (Å²) < 4.78 is 65.6. The van der Waals surface area contributed by atoms with Gasteiger partial charge in [0.2, 0.25) is 15.9 Å². The quantitative estimate of drug-likeness (QED) is 0.655. The Balaban J connectivity index is 1.69. The smallest absolute Gasteiger partial charge is 0.352 e. The first-order chi connectivity index (χ1) is 14.5. The highest BCUT2D eigenvalue weighted by Crippen LogP contribution is 2.40. The first-order valence-electron chi connectivity index (χ1n) is 10.6. The fraction of sp³-hybridized carbons (Fsp3) is 0.667. The number of fused-ring (bicyclic) bond motifs is 1. The molecule has 1 aliphatic heterocycles. The predicted molar refractivity (Wildman–Crippen MR) is 111 cm³/mol. The van der Waals surface area contributed by atoms with Gasteiger partial charge in [0.1, 0.15) is 0 Å².